The average Bonchev–Trinajstić information content (AvgIpc) is 2.42. The maximum atomic E-state index is 13.2. The lowest BCUT2D eigenvalue weighted by atomic mass is 10.2. The zero-order valence-electron chi connectivity index (χ0n) is 10.5. The van der Waals surface area contributed by atoms with Crippen LogP contribution < -0.4 is 10.5 Å². The molecule has 0 saturated heterocycles. The molecule has 0 radical (unpaired) electrons. The van der Waals surface area contributed by atoms with Crippen LogP contribution in [0.25, 0.3) is 0 Å². The topological polar surface area (TPSA) is 72.2 Å². The smallest absolute Gasteiger partial charge is 0.262 e. The number of halogens is 2. The molecule has 0 fully saturated rings. The van der Waals surface area contributed by atoms with Gasteiger partial charge in [-0.1, -0.05) is 42.0 Å². The maximum Gasteiger partial charge on any atom is 0.262 e. The Kier molecular flexibility index (Phi) is 4.46. The summed E-state index contributed by atoms with van der Waals surface area (Å²) in [4.78, 5) is -0.154. The molecule has 0 aliphatic heterocycles. The molecule has 0 aliphatic rings. The fourth-order valence-corrected chi connectivity index (χ4v) is 3.44. The van der Waals surface area contributed by atoms with Crippen LogP contribution in [-0.4, -0.2) is 13.4 Å². The lowest BCUT2D eigenvalue weighted by Crippen LogP contribution is -2.19. The Bertz CT molecular complexity index is 810. The second kappa shape index (κ2) is 5.97. The van der Waals surface area contributed by atoms with Gasteiger partial charge in [-0.25, -0.2) is 12.8 Å². The number of thiocarbonyl (C=S) groups is 1. The molecule has 0 amide bonds. The number of hydrogen-bond donors (Lipinski definition) is 2. The molecule has 2 aromatic rings. The third-order valence-electron chi connectivity index (χ3n) is 2.61. The number of rotatable bonds is 4. The molecule has 2 aromatic carbocycles. The molecule has 3 N–H and O–H groups in total. The van der Waals surface area contributed by atoms with Gasteiger partial charge in [-0.3, -0.25) is 4.72 Å². The quantitative estimate of drug-likeness (QED) is 0.836. The van der Waals surface area contributed by atoms with E-state index in [-0.39, 0.29) is 26.2 Å². The highest BCUT2D eigenvalue weighted by molar-refractivity contribution is 7.93. The Hall–Kier alpha value is -1.70. The highest BCUT2D eigenvalue weighted by Gasteiger charge is 2.20. The van der Waals surface area contributed by atoms with Crippen molar-refractivity contribution in [1.29, 1.82) is 0 Å². The van der Waals surface area contributed by atoms with Crippen molar-refractivity contribution in [3.63, 3.8) is 0 Å². The molecule has 0 saturated carbocycles. The van der Waals surface area contributed by atoms with Crippen LogP contribution in [0.15, 0.2) is 47.4 Å². The van der Waals surface area contributed by atoms with Crippen molar-refractivity contribution in [2.75, 3.05) is 4.72 Å². The van der Waals surface area contributed by atoms with Crippen LogP contribution >= 0.6 is 23.8 Å². The fourth-order valence-electron chi connectivity index (χ4n) is 1.68. The lowest BCUT2D eigenvalue weighted by molar-refractivity contribution is 0.601. The summed E-state index contributed by atoms with van der Waals surface area (Å²) in [5.41, 5.74) is 5.65. The summed E-state index contributed by atoms with van der Waals surface area (Å²) in [6, 6.07) is 9.36. The van der Waals surface area contributed by atoms with Gasteiger partial charge in [-0.15, -0.1) is 0 Å². The monoisotopic (exact) mass is 344 g/mol. The molecule has 0 atom stereocenters. The number of hydrogen-bond acceptors (Lipinski definition) is 3. The van der Waals surface area contributed by atoms with Gasteiger partial charge in [-0.2, -0.15) is 0 Å². The molecule has 0 aliphatic carbocycles. The van der Waals surface area contributed by atoms with Gasteiger partial charge in [0, 0.05) is 5.56 Å². The van der Waals surface area contributed by atoms with E-state index in [1.54, 1.807) is 6.07 Å². The summed E-state index contributed by atoms with van der Waals surface area (Å²) in [7, 11) is -4.00. The van der Waals surface area contributed by atoms with Crippen LogP contribution in [0.1, 0.15) is 5.56 Å². The largest absolute Gasteiger partial charge is 0.389 e. The van der Waals surface area contributed by atoms with E-state index in [0.29, 0.717) is 0 Å². The van der Waals surface area contributed by atoms with Crippen LogP contribution in [-0.2, 0) is 10.0 Å². The van der Waals surface area contributed by atoms with Gasteiger partial charge in [0.05, 0.1) is 15.6 Å². The number of sulfonamides is 1. The predicted molar refractivity (Wildman–Crippen MR) is 84.5 cm³/mol. The number of benzene rings is 2. The van der Waals surface area contributed by atoms with Gasteiger partial charge in [0.25, 0.3) is 10.0 Å². The predicted octanol–water partition coefficient (Wildman–Crippen LogP) is 2.91. The highest BCUT2D eigenvalue weighted by Crippen LogP contribution is 2.26. The maximum absolute atomic E-state index is 13.2. The Morgan fingerprint density at radius 1 is 1.24 bits per heavy atom. The van der Waals surface area contributed by atoms with Crippen molar-refractivity contribution in [2.45, 2.75) is 4.90 Å². The van der Waals surface area contributed by atoms with E-state index >= 15 is 0 Å². The molecule has 8 heteroatoms. The summed E-state index contributed by atoms with van der Waals surface area (Å²) in [6.07, 6.45) is 0. The Labute approximate surface area is 131 Å². The SMILES string of the molecule is NC(=S)c1ccccc1S(=O)(=O)Nc1cc(F)ccc1Cl. The molecule has 0 bridgehead atoms. The van der Waals surface area contributed by atoms with Crippen LogP contribution in [0.4, 0.5) is 10.1 Å². The number of nitrogens with one attached hydrogen (secondary N) is 1. The van der Waals surface area contributed by atoms with Gasteiger partial charge < -0.3 is 5.73 Å². The minimum atomic E-state index is -4.00. The summed E-state index contributed by atoms with van der Waals surface area (Å²) < 4.78 is 40.2. The third kappa shape index (κ3) is 3.49. The first-order valence-corrected chi connectivity index (χ1v) is 7.95. The summed E-state index contributed by atoms with van der Waals surface area (Å²) in [5, 5.41) is 0.0766. The summed E-state index contributed by atoms with van der Waals surface area (Å²) in [6.45, 7) is 0. The Morgan fingerprint density at radius 3 is 2.57 bits per heavy atom. The molecule has 110 valence electrons. The van der Waals surface area contributed by atoms with Gasteiger partial charge in [-0.05, 0) is 24.3 Å². The molecule has 4 nitrogen and oxygen atoms in total. The molecule has 0 spiro atoms. The van der Waals surface area contributed by atoms with Crippen molar-refractivity contribution in [2.24, 2.45) is 5.73 Å². The summed E-state index contributed by atoms with van der Waals surface area (Å²) >= 11 is 10.7. The molecule has 0 unspecified atom stereocenters. The van der Waals surface area contributed by atoms with Crippen molar-refractivity contribution >= 4 is 44.5 Å². The molecule has 21 heavy (non-hydrogen) atoms. The second-order valence-electron chi connectivity index (χ2n) is 4.09. The van der Waals surface area contributed by atoms with Crippen LogP contribution in [0.2, 0.25) is 5.02 Å². The van der Waals surface area contributed by atoms with Crippen molar-refractivity contribution < 1.29 is 12.8 Å². The molecule has 0 aromatic heterocycles. The number of anilines is 1. The standard InChI is InChI=1S/C13H10ClFN2O2S2/c14-10-6-5-8(15)7-11(10)17-21(18,19)12-4-2-1-3-9(12)13(16)20/h1-7,17H,(H2,16,20). The van der Waals surface area contributed by atoms with Crippen LogP contribution in [0.5, 0.6) is 0 Å². The number of nitrogens with two attached hydrogens (primary N) is 1. The first-order chi connectivity index (χ1) is 9.81. The second-order valence-corrected chi connectivity index (χ2v) is 6.59. The molecular formula is C13H10ClFN2O2S2. The molecule has 2 rings (SSSR count). The van der Waals surface area contributed by atoms with E-state index in [1.807, 2.05) is 0 Å². The normalized spacial score (nSPS) is 11.1. The van der Waals surface area contributed by atoms with Gasteiger partial charge in [0.1, 0.15) is 10.8 Å². The first kappa shape index (κ1) is 15.7. The van der Waals surface area contributed by atoms with Gasteiger partial charge in [0.15, 0.2) is 0 Å². The highest BCUT2D eigenvalue weighted by atomic mass is 35.5. The Balaban J connectivity index is 2.49. The van der Waals surface area contributed by atoms with Gasteiger partial charge in [0.2, 0.25) is 0 Å². The first-order valence-electron chi connectivity index (χ1n) is 5.68. The minimum absolute atomic E-state index is 0.0543. The van der Waals surface area contributed by atoms with Gasteiger partial charge >= 0.3 is 0 Å². The van der Waals surface area contributed by atoms with Crippen molar-refractivity contribution in [3.8, 4) is 0 Å². The molecule has 0 heterocycles. The Morgan fingerprint density at radius 2 is 1.90 bits per heavy atom. The van der Waals surface area contributed by atoms with E-state index in [9.17, 15) is 12.8 Å². The van der Waals surface area contributed by atoms with Crippen LogP contribution in [0, 0.1) is 5.82 Å². The third-order valence-corrected chi connectivity index (χ3v) is 4.59. The van der Waals surface area contributed by atoms with E-state index in [0.717, 1.165) is 12.1 Å². The van der Waals surface area contributed by atoms with Crippen LogP contribution in [0.3, 0.4) is 0 Å². The lowest BCUT2D eigenvalue weighted by Gasteiger charge is -2.12. The minimum Gasteiger partial charge on any atom is -0.389 e. The van der Waals surface area contributed by atoms with E-state index < -0.39 is 15.8 Å². The zero-order valence-corrected chi connectivity index (χ0v) is 12.9. The van der Waals surface area contributed by atoms with E-state index in [1.165, 1.54) is 24.3 Å². The molecular weight excluding hydrogens is 335 g/mol. The summed E-state index contributed by atoms with van der Waals surface area (Å²) in [5.74, 6) is -0.611. The van der Waals surface area contributed by atoms with Crippen molar-refractivity contribution in [3.05, 3.63) is 58.9 Å². The van der Waals surface area contributed by atoms with E-state index in [2.05, 4.69) is 4.72 Å². The fraction of sp³-hybridized carbons (Fsp3) is 0. The van der Waals surface area contributed by atoms with Crippen molar-refractivity contribution in [1.82, 2.24) is 0 Å². The zero-order chi connectivity index (χ0) is 15.6. The average molecular weight is 345 g/mol. The van der Waals surface area contributed by atoms with E-state index in [4.69, 9.17) is 29.6 Å².